The van der Waals surface area contributed by atoms with Crippen molar-refractivity contribution in [2.45, 2.75) is 44.7 Å². The molecule has 1 aromatic carbocycles. The van der Waals surface area contributed by atoms with Crippen molar-refractivity contribution in [1.82, 2.24) is 14.5 Å². The lowest BCUT2D eigenvalue weighted by Crippen LogP contribution is -2.37. The highest BCUT2D eigenvalue weighted by molar-refractivity contribution is 5.91. The number of nitrogens with zero attached hydrogens (tertiary/aromatic N) is 4. The SMILES string of the molecule is COc1c(N2CCC(C(C)N(C)CCC#N)C2)c(F)cc2c(=O)[nH]c(=O)n(C3CC3)c12. The molecule has 1 aliphatic carbocycles. The van der Waals surface area contributed by atoms with Crippen molar-refractivity contribution in [2.75, 3.05) is 38.7 Å². The highest BCUT2D eigenvalue weighted by Crippen LogP contribution is 2.43. The molecular formula is C22H28FN5O3. The number of anilines is 1. The minimum absolute atomic E-state index is 0.000746. The standard InChI is InChI=1S/C22H28FN5O3/c1-13(26(2)9-4-8-24)14-7-10-27(12-14)19-17(23)11-16-18(20(19)31-3)28(15-5-6-15)22(30)25-21(16)29/h11,13-15H,4-7,9-10,12H2,1-3H3,(H,25,29,30). The molecule has 2 aliphatic rings. The predicted molar refractivity (Wildman–Crippen MR) is 116 cm³/mol. The Labute approximate surface area is 179 Å². The van der Waals surface area contributed by atoms with Gasteiger partial charge in [-0.2, -0.15) is 5.26 Å². The zero-order chi connectivity index (χ0) is 22.3. The van der Waals surface area contributed by atoms with Crippen LogP contribution in [-0.4, -0.2) is 54.3 Å². The maximum absolute atomic E-state index is 15.3. The van der Waals surface area contributed by atoms with E-state index in [2.05, 4.69) is 22.9 Å². The van der Waals surface area contributed by atoms with Gasteiger partial charge in [0.05, 0.1) is 18.6 Å². The third-order valence-electron chi connectivity index (χ3n) is 6.72. The van der Waals surface area contributed by atoms with Crippen molar-refractivity contribution in [3.63, 3.8) is 0 Å². The van der Waals surface area contributed by atoms with Gasteiger partial charge in [-0.25, -0.2) is 9.18 Å². The second-order valence-corrected chi connectivity index (χ2v) is 8.62. The summed E-state index contributed by atoms with van der Waals surface area (Å²) in [4.78, 5) is 31.4. The van der Waals surface area contributed by atoms with Gasteiger partial charge >= 0.3 is 5.69 Å². The summed E-state index contributed by atoms with van der Waals surface area (Å²) in [6.07, 6.45) is 3.03. The first-order valence-corrected chi connectivity index (χ1v) is 10.7. The normalized spacial score (nSPS) is 19.7. The molecule has 2 fully saturated rings. The average molecular weight is 429 g/mol. The Hall–Kier alpha value is -2.86. The Balaban J connectivity index is 1.74. The number of halogens is 1. The van der Waals surface area contributed by atoms with Crippen molar-refractivity contribution in [3.8, 4) is 11.8 Å². The number of nitrogens with one attached hydrogen (secondary N) is 1. The number of methoxy groups -OCH3 is 1. The van der Waals surface area contributed by atoms with Crippen LogP contribution in [0.5, 0.6) is 5.75 Å². The molecule has 0 bridgehead atoms. The molecule has 1 N–H and O–H groups in total. The van der Waals surface area contributed by atoms with E-state index in [1.54, 1.807) is 4.57 Å². The highest BCUT2D eigenvalue weighted by atomic mass is 19.1. The number of rotatable bonds is 7. The van der Waals surface area contributed by atoms with Crippen molar-refractivity contribution < 1.29 is 9.13 Å². The molecule has 8 nitrogen and oxygen atoms in total. The summed E-state index contributed by atoms with van der Waals surface area (Å²) in [6, 6.07) is 3.63. The van der Waals surface area contributed by atoms with Crippen molar-refractivity contribution in [3.05, 3.63) is 32.7 Å². The van der Waals surface area contributed by atoms with Crippen LogP contribution in [0.1, 0.15) is 38.6 Å². The van der Waals surface area contributed by atoms with Crippen LogP contribution in [0.4, 0.5) is 10.1 Å². The Kier molecular flexibility index (Phi) is 5.75. The lowest BCUT2D eigenvalue weighted by atomic mass is 9.99. The van der Waals surface area contributed by atoms with Crippen LogP contribution in [0.3, 0.4) is 0 Å². The Morgan fingerprint density at radius 1 is 1.39 bits per heavy atom. The summed E-state index contributed by atoms with van der Waals surface area (Å²) in [5.74, 6) is 0.0199. The second kappa shape index (κ2) is 8.35. The fraction of sp³-hybridized carbons (Fsp3) is 0.591. The van der Waals surface area contributed by atoms with E-state index in [4.69, 9.17) is 10.00 Å². The maximum atomic E-state index is 15.3. The molecule has 1 aliphatic heterocycles. The minimum atomic E-state index is -0.604. The van der Waals surface area contributed by atoms with Gasteiger partial charge < -0.3 is 14.5 Å². The Bertz CT molecular complexity index is 1150. The summed E-state index contributed by atoms with van der Waals surface area (Å²) in [6.45, 7) is 4.10. The van der Waals surface area contributed by atoms with E-state index in [1.807, 2.05) is 11.9 Å². The number of benzene rings is 1. The van der Waals surface area contributed by atoms with Crippen LogP contribution in [0.2, 0.25) is 0 Å². The zero-order valence-corrected chi connectivity index (χ0v) is 18.2. The topological polar surface area (TPSA) is 94.4 Å². The summed E-state index contributed by atoms with van der Waals surface area (Å²) < 4.78 is 22.5. The fourth-order valence-corrected chi connectivity index (χ4v) is 4.69. The van der Waals surface area contributed by atoms with E-state index in [1.165, 1.54) is 13.2 Å². The first-order valence-electron chi connectivity index (χ1n) is 10.7. The lowest BCUT2D eigenvalue weighted by Gasteiger charge is -2.30. The molecule has 1 aromatic heterocycles. The van der Waals surface area contributed by atoms with Gasteiger partial charge in [-0.15, -0.1) is 0 Å². The van der Waals surface area contributed by atoms with Crippen molar-refractivity contribution in [2.24, 2.45) is 5.92 Å². The van der Waals surface area contributed by atoms with Gasteiger partial charge in [-0.1, -0.05) is 0 Å². The predicted octanol–water partition coefficient (Wildman–Crippen LogP) is 2.23. The van der Waals surface area contributed by atoms with Crippen LogP contribution in [0.25, 0.3) is 10.9 Å². The van der Waals surface area contributed by atoms with Gasteiger partial charge in [0.2, 0.25) is 0 Å². The van der Waals surface area contributed by atoms with Crippen LogP contribution >= 0.6 is 0 Å². The molecule has 9 heteroatoms. The highest BCUT2D eigenvalue weighted by Gasteiger charge is 2.35. The van der Waals surface area contributed by atoms with Crippen LogP contribution in [0, 0.1) is 23.1 Å². The number of hydrogen-bond acceptors (Lipinski definition) is 6. The van der Waals surface area contributed by atoms with E-state index < -0.39 is 17.1 Å². The number of aromatic amines is 1. The summed E-state index contributed by atoms with van der Waals surface area (Å²) >= 11 is 0. The molecule has 4 rings (SSSR count). The molecule has 1 saturated carbocycles. The third kappa shape index (κ3) is 3.81. The number of ether oxygens (including phenoxy) is 1. The van der Waals surface area contributed by atoms with E-state index in [-0.39, 0.29) is 23.2 Å². The molecule has 166 valence electrons. The molecule has 0 amide bonds. The minimum Gasteiger partial charge on any atom is -0.492 e. The summed E-state index contributed by atoms with van der Waals surface area (Å²) in [5, 5.41) is 8.97. The number of aromatic nitrogens is 2. The van der Waals surface area contributed by atoms with Gasteiger partial charge in [0, 0.05) is 38.1 Å². The summed E-state index contributed by atoms with van der Waals surface area (Å²) in [7, 11) is 3.45. The fourth-order valence-electron chi connectivity index (χ4n) is 4.69. The average Bonchev–Trinajstić information content (AvgIpc) is 3.46. The lowest BCUT2D eigenvalue weighted by molar-refractivity contribution is 0.203. The van der Waals surface area contributed by atoms with Gasteiger partial charge in [0.1, 0.15) is 11.2 Å². The van der Waals surface area contributed by atoms with Gasteiger partial charge in [0.15, 0.2) is 11.6 Å². The number of fused-ring (bicyclic) bond motifs is 1. The first kappa shape index (κ1) is 21.4. The van der Waals surface area contributed by atoms with E-state index in [0.717, 1.165) is 19.3 Å². The Morgan fingerprint density at radius 3 is 2.77 bits per heavy atom. The summed E-state index contributed by atoms with van der Waals surface area (Å²) in [5.41, 5.74) is -0.405. The van der Waals surface area contributed by atoms with Gasteiger partial charge in [0.25, 0.3) is 5.56 Å². The van der Waals surface area contributed by atoms with E-state index in [9.17, 15) is 9.59 Å². The third-order valence-corrected chi connectivity index (χ3v) is 6.72. The largest absolute Gasteiger partial charge is 0.492 e. The first-order chi connectivity index (χ1) is 14.9. The van der Waals surface area contributed by atoms with Crippen LogP contribution in [0.15, 0.2) is 15.7 Å². The van der Waals surface area contributed by atoms with Gasteiger partial charge in [-0.05, 0) is 45.2 Å². The second-order valence-electron chi connectivity index (χ2n) is 8.62. The van der Waals surface area contributed by atoms with E-state index >= 15 is 4.39 Å². The molecule has 2 atom stereocenters. The van der Waals surface area contributed by atoms with Crippen LogP contribution in [-0.2, 0) is 0 Å². The monoisotopic (exact) mass is 429 g/mol. The number of hydrogen-bond donors (Lipinski definition) is 1. The molecular weight excluding hydrogens is 401 g/mol. The number of nitriles is 1. The zero-order valence-electron chi connectivity index (χ0n) is 18.2. The maximum Gasteiger partial charge on any atom is 0.329 e. The quantitative estimate of drug-likeness (QED) is 0.725. The molecule has 1 saturated heterocycles. The molecule has 2 heterocycles. The van der Waals surface area contributed by atoms with Crippen molar-refractivity contribution in [1.29, 1.82) is 5.26 Å². The molecule has 0 spiro atoms. The molecule has 2 aromatic rings. The molecule has 0 radical (unpaired) electrons. The van der Waals surface area contributed by atoms with Crippen molar-refractivity contribution >= 4 is 16.6 Å². The Morgan fingerprint density at radius 2 is 2.13 bits per heavy atom. The molecule has 2 unspecified atom stereocenters. The smallest absolute Gasteiger partial charge is 0.329 e. The van der Waals surface area contributed by atoms with Gasteiger partial charge in [-0.3, -0.25) is 14.3 Å². The van der Waals surface area contributed by atoms with E-state index in [0.29, 0.717) is 43.2 Å². The molecule has 31 heavy (non-hydrogen) atoms. The number of H-pyrrole nitrogens is 1. The van der Waals surface area contributed by atoms with Crippen LogP contribution < -0.4 is 20.9 Å².